The highest BCUT2D eigenvalue weighted by molar-refractivity contribution is 5.48. The van der Waals surface area contributed by atoms with Crippen LogP contribution in [0.5, 0.6) is 5.75 Å². The van der Waals surface area contributed by atoms with Crippen molar-refractivity contribution in [2.75, 3.05) is 26.8 Å². The first-order valence-corrected chi connectivity index (χ1v) is 5.76. The number of aliphatic hydroxyl groups excluding tert-OH is 1. The second kappa shape index (κ2) is 6.93. The third kappa shape index (κ3) is 3.68. The third-order valence-corrected chi connectivity index (χ3v) is 2.71. The van der Waals surface area contributed by atoms with E-state index in [-0.39, 0.29) is 18.0 Å². The van der Waals surface area contributed by atoms with Gasteiger partial charge in [0, 0.05) is 19.2 Å². The summed E-state index contributed by atoms with van der Waals surface area (Å²) in [6.07, 6.45) is 0. The summed E-state index contributed by atoms with van der Waals surface area (Å²) in [5, 5.41) is 19.8. The summed E-state index contributed by atoms with van der Waals surface area (Å²) >= 11 is 0. The molecular formula is C12H18N2O4. The fourth-order valence-electron chi connectivity index (χ4n) is 1.73. The smallest absolute Gasteiger partial charge is 0.311 e. The summed E-state index contributed by atoms with van der Waals surface area (Å²) in [5.74, 6) is 0.258. The maximum Gasteiger partial charge on any atom is 0.311 e. The summed E-state index contributed by atoms with van der Waals surface area (Å²) in [5.41, 5.74) is 0.799. The van der Waals surface area contributed by atoms with Crippen molar-refractivity contribution in [2.45, 2.75) is 13.5 Å². The Kier molecular flexibility index (Phi) is 5.54. The van der Waals surface area contributed by atoms with Gasteiger partial charge in [0.15, 0.2) is 5.75 Å². The number of nitrogens with zero attached hydrogens (tertiary/aromatic N) is 2. The van der Waals surface area contributed by atoms with Gasteiger partial charge in [-0.25, -0.2) is 0 Å². The van der Waals surface area contributed by atoms with Gasteiger partial charge in [0.1, 0.15) is 0 Å². The van der Waals surface area contributed by atoms with E-state index in [0.717, 1.165) is 12.1 Å². The van der Waals surface area contributed by atoms with E-state index in [2.05, 4.69) is 0 Å². The fourth-order valence-corrected chi connectivity index (χ4v) is 1.73. The van der Waals surface area contributed by atoms with Crippen LogP contribution in [0.3, 0.4) is 0 Å². The molecule has 6 nitrogen and oxygen atoms in total. The quantitative estimate of drug-likeness (QED) is 0.588. The summed E-state index contributed by atoms with van der Waals surface area (Å²) < 4.78 is 4.95. The standard InChI is InChI=1S/C12H18N2O4/c1-3-13(6-7-15)9-10-4-5-12(18-2)11(8-10)14(16)17/h4-5,8,15H,3,6-7,9H2,1-2H3. The van der Waals surface area contributed by atoms with Crippen LogP contribution in [0.4, 0.5) is 5.69 Å². The van der Waals surface area contributed by atoms with Gasteiger partial charge in [-0.2, -0.15) is 0 Å². The van der Waals surface area contributed by atoms with Gasteiger partial charge in [0.05, 0.1) is 18.6 Å². The van der Waals surface area contributed by atoms with Gasteiger partial charge in [-0.15, -0.1) is 0 Å². The van der Waals surface area contributed by atoms with Crippen molar-refractivity contribution in [1.82, 2.24) is 4.90 Å². The monoisotopic (exact) mass is 254 g/mol. The van der Waals surface area contributed by atoms with Crippen LogP contribution in [0.1, 0.15) is 12.5 Å². The molecule has 100 valence electrons. The second-order valence-corrected chi connectivity index (χ2v) is 3.86. The summed E-state index contributed by atoms with van der Waals surface area (Å²) in [4.78, 5) is 12.4. The zero-order valence-electron chi connectivity index (χ0n) is 10.6. The van der Waals surface area contributed by atoms with Crippen molar-refractivity contribution >= 4 is 5.69 Å². The number of hydrogen-bond donors (Lipinski definition) is 1. The minimum atomic E-state index is -0.454. The zero-order valence-corrected chi connectivity index (χ0v) is 10.6. The van der Waals surface area contributed by atoms with Crippen LogP contribution >= 0.6 is 0 Å². The molecule has 18 heavy (non-hydrogen) atoms. The Labute approximate surface area is 106 Å². The molecule has 0 atom stereocenters. The number of aliphatic hydroxyl groups is 1. The molecule has 0 fully saturated rings. The highest BCUT2D eigenvalue weighted by Gasteiger charge is 2.15. The number of benzene rings is 1. The van der Waals surface area contributed by atoms with Crippen molar-refractivity contribution in [1.29, 1.82) is 0 Å². The molecule has 1 rings (SSSR count). The lowest BCUT2D eigenvalue weighted by Crippen LogP contribution is -2.26. The molecule has 0 bridgehead atoms. The number of rotatable bonds is 7. The Hall–Kier alpha value is -1.66. The average Bonchev–Trinajstić information content (AvgIpc) is 2.38. The molecular weight excluding hydrogens is 236 g/mol. The molecule has 0 spiro atoms. The lowest BCUT2D eigenvalue weighted by Gasteiger charge is -2.19. The van der Waals surface area contributed by atoms with Gasteiger partial charge < -0.3 is 9.84 Å². The Balaban J connectivity index is 2.90. The van der Waals surface area contributed by atoms with Gasteiger partial charge in [0.2, 0.25) is 0 Å². The number of ether oxygens (including phenoxy) is 1. The maximum absolute atomic E-state index is 10.9. The summed E-state index contributed by atoms with van der Waals surface area (Å²) in [6, 6.07) is 4.91. The molecule has 1 N–H and O–H groups in total. The molecule has 0 aliphatic carbocycles. The van der Waals surface area contributed by atoms with Gasteiger partial charge in [0.25, 0.3) is 0 Å². The van der Waals surface area contributed by atoms with E-state index in [1.165, 1.54) is 13.2 Å². The average molecular weight is 254 g/mol. The minimum absolute atomic E-state index is 0.0324. The second-order valence-electron chi connectivity index (χ2n) is 3.86. The number of nitro benzene ring substituents is 1. The van der Waals surface area contributed by atoms with Crippen LogP contribution in [0, 0.1) is 10.1 Å². The molecule has 0 amide bonds. The fraction of sp³-hybridized carbons (Fsp3) is 0.500. The van der Waals surface area contributed by atoms with Crippen molar-refractivity contribution in [3.05, 3.63) is 33.9 Å². The SMILES string of the molecule is CCN(CCO)Cc1ccc(OC)c([N+](=O)[O-])c1. The lowest BCUT2D eigenvalue weighted by molar-refractivity contribution is -0.385. The van der Waals surface area contributed by atoms with Crippen LogP contribution in [0.2, 0.25) is 0 Å². The van der Waals surface area contributed by atoms with E-state index < -0.39 is 4.92 Å². The predicted molar refractivity (Wildman–Crippen MR) is 67.7 cm³/mol. The topological polar surface area (TPSA) is 75.8 Å². The Morgan fingerprint density at radius 3 is 2.72 bits per heavy atom. The Morgan fingerprint density at radius 2 is 2.22 bits per heavy atom. The number of nitro groups is 1. The molecule has 0 radical (unpaired) electrons. The first-order chi connectivity index (χ1) is 8.62. The van der Waals surface area contributed by atoms with E-state index in [9.17, 15) is 10.1 Å². The molecule has 1 aromatic carbocycles. The van der Waals surface area contributed by atoms with Crippen LogP contribution < -0.4 is 4.74 Å². The van der Waals surface area contributed by atoms with Crippen molar-refractivity contribution in [3.8, 4) is 5.75 Å². The summed E-state index contributed by atoms with van der Waals surface area (Å²) in [6.45, 7) is 3.96. The van der Waals surface area contributed by atoms with Crippen LogP contribution in [-0.4, -0.2) is 41.7 Å². The van der Waals surface area contributed by atoms with Crippen LogP contribution in [0.25, 0.3) is 0 Å². The summed E-state index contributed by atoms with van der Waals surface area (Å²) in [7, 11) is 1.41. The maximum atomic E-state index is 10.9. The largest absolute Gasteiger partial charge is 0.490 e. The zero-order chi connectivity index (χ0) is 13.5. The van der Waals surface area contributed by atoms with Crippen LogP contribution in [0.15, 0.2) is 18.2 Å². The molecule has 0 saturated carbocycles. The van der Waals surface area contributed by atoms with E-state index in [1.54, 1.807) is 12.1 Å². The molecule has 0 saturated heterocycles. The number of hydrogen-bond acceptors (Lipinski definition) is 5. The van der Waals surface area contributed by atoms with Crippen LogP contribution in [-0.2, 0) is 6.54 Å². The number of methoxy groups -OCH3 is 1. The first-order valence-electron chi connectivity index (χ1n) is 5.76. The van der Waals surface area contributed by atoms with Crippen molar-refractivity contribution in [2.24, 2.45) is 0 Å². The van der Waals surface area contributed by atoms with Gasteiger partial charge in [-0.3, -0.25) is 15.0 Å². The minimum Gasteiger partial charge on any atom is -0.490 e. The van der Waals surface area contributed by atoms with Gasteiger partial charge >= 0.3 is 5.69 Å². The molecule has 6 heteroatoms. The van der Waals surface area contributed by atoms with Gasteiger partial charge in [-0.05, 0) is 18.2 Å². The van der Waals surface area contributed by atoms with E-state index in [1.807, 2.05) is 11.8 Å². The number of likely N-dealkylation sites (N-methyl/N-ethyl adjacent to an activating group) is 1. The Bertz CT molecular complexity index is 409. The highest BCUT2D eigenvalue weighted by atomic mass is 16.6. The van der Waals surface area contributed by atoms with E-state index in [4.69, 9.17) is 9.84 Å². The predicted octanol–water partition coefficient (Wildman–Crippen LogP) is 1.42. The van der Waals surface area contributed by atoms with Gasteiger partial charge in [-0.1, -0.05) is 13.0 Å². The highest BCUT2D eigenvalue weighted by Crippen LogP contribution is 2.27. The molecule has 0 aliphatic heterocycles. The molecule has 0 heterocycles. The van der Waals surface area contributed by atoms with E-state index >= 15 is 0 Å². The third-order valence-electron chi connectivity index (χ3n) is 2.71. The molecule has 1 aromatic rings. The lowest BCUT2D eigenvalue weighted by atomic mass is 10.1. The Morgan fingerprint density at radius 1 is 1.50 bits per heavy atom. The molecule has 0 aliphatic rings. The normalized spacial score (nSPS) is 10.7. The van der Waals surface area contributed by atoms with E-state index in [0.29, 0.717) is 13.1 Å². The van der Waals surface area contributed by atoms with Crippen molar-refractivity contribution < 1.29 is 14.8 Å². The first kappa shape index (κ1) is 14.4. The van der Waals surface area contributed by atoms with Crippen molar-refractivity contribution in [3.63, 3.8) is 0 Å². The molecule has 0 unspecified atom stereocenters. The molecule has 0 aromatic heterocycles.